The van der Waals surface area contributed by atoms with Crippen LogP contribution < -0.4 is 4.74 Å². The Kier molecular flexibility index (Phi) is 6.34. The van der Waals surface area contributed by atoms with Gasteiger partial charge in [-0.05, 0) is 58.7 Å². The molecule has 2 aliphatic rings. The van der Waals surface area contributed by atoms with Crippen LogP contribution in [0.1, 0.15) is 22.3 Å². The largest absolute Gasteiger partial charge is 0.454 e. The van der Waals surface area contributed by atoms with E-state index in [1.54, 1.807) is 0 Å². The van der Waals surface area contributed by atoms with E-state index >= 15 is 0 Å². The van der Waals surface area contributed by atoms with E-state index in [4.69, 9.17) is 9.72 Å². The molecule has 5 heterocycles. The Labute approximate surface area is 334 Å². The predicted octanol–water partition coefficient (Wildman–Crippen LogP) is 13.4. The van der Waals surface area contributed by atoms with Crippen LogP contribution in [0.3, 0.4) is 0 Å². The van der Waals surface area contributed by atoms with Gasteiger partial charge in [0.25, 0.3) is 0 Å². The Morgan fingerprint density at radius 2 is 1.00 bits per heavy atom. The van der Waals surface area contributed by atoms with E-state index in [-0.39, 0.29) is 0 Å². The van der Waals surface area contributed by atoms with E-state index in [0.717, 1.165) is 72.6 Å². The van der Waals surface area contributed by atoms with Crippen molar-refractivity contribution in [1.29, 1.82) is 0 Å². The average Bonchev–Trinajstić information content (AvgIpc) is 3.82. The first-order valence-corrected chi connectivity index (χ1v) is 19.9. The SMILES string of the molecule is c1ccc(-c2cc(-c3ccccc3)nc(-n3c4ccccc4c4ccc5c(c43)Oc3ccccc3C53c4ccccc4-n4c5ccccc5c5cccc3c54)c2)cc1. The molecular formula is C54H33N3O. The van der Waals surface area contributed by atoms with Crippen LogP contribution in [0.5, 0.6) is 11.5 Å². The molecule has 3 aromatic heterocycles. The van der Waals surface area contributed by atoms with Crippen LogP contribution in [0, 0.1) is 0 Å². The number of benzene rings is 8. The van der Waals surface area contributed by atoms with Crippen molar-refractivity contribution >= 4 is 43.6 Å². The second-order valence-electron chi connectivity index (χ2n) is 15.4. The first kappa shape index (κ1) is 31.5. The third-order valence-electron chi connectivity index (χ3n) is 12.6. The lowest BCUT2D eigenvalue weighted by molar-refractivity contribution is 0.438. The van der Waals surface area contributed by atoms with Gasteiger partial charge in [0, 0.05) is 38.2 Å². The second kappa shape index (κ2) is 11.7. The van der Waals surface area contributed by atoms with Crippen molar-refractivity contribution in [2.24, 2.45) is 0 Å². The highest BCUT2D eigenvalue weighted by atomic mass is 16.5. The minimum atomic E-state index is -0.686. The predicted molar refractivity (Wildman–Crippen MR) is 236 cm³/mol. The summed E-state index contributed by atoms with van der Waals surface area (Å²) in [5.41, 5.74) is 13.9. The summed E-state index contributed by atoms with van der Waals surface area (Å²) in [6, 6.07) is 72.2. The van der Waals surface area contributed by atoms with Crippen LogP contribution in [0.25, 0.3) is 77.5 Å². The maximum atomic E-state index is 7.34. The molecule has 0 fully saturated rings. The molecule has 0 aliphatic carbocycles. The summed E-state index contributed by atoms with van der Waals surface area (Å²) >= 11 is 0. The summed E-state index contributed by atoms with van der Waals surface area (Å²) < 4.78 is 12.2. The molecule has 58 heavy (non-hydrogen) atoms. The highest BCUT2D eigenvalue weighted by Gasteiger charge is 2.51. The number of hydrogen-bond acceptors (Lipinski definition) is 2. The van der Waals surface area contributed by atoms with Crippen molar-refractivity contribution in [2.45, 2.75) is 5.41 Å². The fraction of sp³-hybridized carbons (Fsp3) is 0.0185. The molecule has 0 saturated carbocycles. The maximum absolute atomic E-state index is 7.34. The smallest absolute Gasteiger partial charge is 0.156 e. The molecule has 1 atom stereocenters. The molecule has 11 aromatic rings. The van der Waals surface area contributed by atoms with Gasteiger partial charge in [0.2, 0.25) is 0 Å². The van der Waals surface area contributed by atoms with E-state index in [2.05, 4.69) is 209 Å². The summed E-state index contributed by atoms with van der Waals surface area (Å²) in [6.07, 6.45) is 0. The quantitative estimate of drug-likeness (QED) is 0.181. The summed E-state index contributed by atoms with van der Waals surface area (Å²) in [5.74, 6) is 2.53. The number of hydrogen-bond donors (Lipinski definition) is 0. The minimum Gasteiger partial charge on any atom is -0.454 e. The maximum Gasteiger partial charge on any atom is 0.156 e. The van der Waals surface area contributed by atoms with Gasteiger partial charge in [-0.15, -0.1) is 0 Å². The van der Waals surface area contributed by atoms with Crippen LogP contribution in [-0.4, -0.2) is 14.1 Å². The molecule has 0 N–H and O–H groups in total. The van der Waals surface area contributed by atoms with Crippen LogP contribution in [-0.2, 0) is 5.41 Å². The normalized spacial score (nSPS) is 15.1. The molecule has 0 bridgehead atoms. The van der Waals surface area contributed by atoms with Crippen molar-refractivity contribution in [3.63, 3.8) is 0 Å². The zero-order chi connectivity index (χ0) is 38.0. The first-order chi connectivity index (χ1) is 28.8. The topological polar surface area (TPSA) is 32.0 Å². The molecule has 2 aliphatic heterocycles. The molecule has 0 radical (unpaired) electrons. The average molecular weight is 740 g/mol. The number of ether oxygens (including phenoxy) is 1. The third-order valence-corrected chi connectivity index (χ3v) is 12.6. The summed E-state index contributed by atoms with van der Waals surface area (Å²) in [4.78, 5) is 5.49. The molecule has 270 valence electrons. The van der Waals surface area contributed by atoms with E-state index in [1.807, 2.05) is 0 Å². The van der Waals surface area contributed by atoms with Gasteiger partial charge in [0.05, 0.1) is 38.9 Å². The molecule has 13 rings (SSSR count). The third kappa shape index (κ3) is 4.05. The van der Waals surface area contributed by atoms with Gasteiger partial charge < -0.3 is 9.30 Å². The van der Waals surface area contributed by atoms with Crippen LogP contribution >= 0.6 is 0 Å². The van der Waals surface area contributed by atoms with Gasteiger partial charge in [-0.2, -0.15) is 0 Å². The number of pyridine rings is 1. The van der Waals surface area contributed by atoms with Crippen molar-refractivity contribution in [2.75, 3.05) is 0 Å². The summed E-state index contributed by atoms with van der Waals surface area (Å²) in [7, 11) is 0. The van der Waals surface area contributed by atoms with E-state index in [1.165, 1.54) is 38.6 Å². The number of para-hydroxylation sites is 5. The van der Waals surface area contributed by atoms with Gasteiger partial charge in [-0.25, -0.2) is 4.98 Å². The Morgan fingerprint density at radius 3 is 1.79 bits per heavy atom. The first-order valence-electron chi connectivity index (χ1n) is 19.9. The molecule has 8 aromatic carbocycles. The Bertz CT molecular complexity index is 3430. The molecule has 4 heteroatoms. The molecule has 0 amide bonds. The summed E-state index contributed by atoms with van der Waals surface area (Å²) in [6.45, 7) is 0. The fourth-order valence-electron chi connectivity index (χ4n) is 10.3. The monoisotopic (exact) mass is 739 g/mol. The lowest BCUT2D eigenvalue weighted by Gasteiger charge is -2.45. The van der Waals surface area contributed by atoms with E-state index < -0.39 is 5.41 Å². The highest BCUT2D eigenvalue weighted by Crippen LogP contribution is 2.61. The van der Waals surface area contributed by atoms with Gasteiger partial charge in [0.1, 0.15) is 11.6 Å². The van der Waals surface area contributed by atoms with Gasteiger partial charge >= 0.3 is 0 Å². The van der Waals surface area contributed by atoms with Crippen LogP contribution in [0.15, 0.2) is 200 Å². The lowest BCUT2D eigenvalue weighted by Crippen LogP contribution is -2.37. The van der Waals surface area contributed by atoms with Crippen LogP contribution in [0.2, 0.25) is 0 Å². The van der Waals surface area contributed by atoms with Gasteiger partial charge in [-0.1, -0.05) is 164 Å². The molecular weight excluding hydrogens is 707 g/mol. The van der Waals surface area contributed by atoms with Crippen molar-refractivity contribution in [1.82, 2.24) is 14.1 Å². The number of fused-ring (bicyclic) bond motifs is 15. The van der Waals surface area contributed by atoms with Gasteiger partial charge in [0.15, 0.2) is 5.75 Å². The Balaban J connectivity index is 1.20. The lowest BCUT2D eigenvalue weighted by atomic mass is 9.61. The van der Waals surface area contributed by atoms with Crippen molar-refractivity contribution < 1.29 is 4.74 Å². The van der Waals surface area contributed by atoms with Crippen LogP contribution in [0.4, 0.5) is 0 Å². The van der Waals surface area contributed by atoms with Gasteiger partial charge in [-0.3, -0.25) is 4.57 Å². The standard InChI is InChI=1S/C54H33N3O/c1-3-16-34(17-4-1)36-32-45(35-18-5-2-6-19-35)55-50(33-36)57-47-27-12-8-21-38(47)40-30-31-44-53(52(40)57)58-49-29-14-10-24-42(49)54(44)41-23-9-13-28-48(41)56-46-26-11-7-20-37(46)39-22-15-25-43(54)51(39)56/h1-33H. The molecule has 0 saturated heterocycles. The van der Waals surface area contributed by atoms with Crippen molar-refractivity contribution in [3.05, 3.63) is 222 Å². The second-order valence-corrected chi connectivity index (χ2v) is 15.4. The molecule has 4 nitrogen and oxygen atoms in total. The zero-order valence-corrected chi connectivity index (χ0v) is 31.3. The zero-order valence-electron chi connectivity index (χ0n) is 31.3. The van der Waals surface area contributed by atoms with E-state index in [0.29, 0.717) is 0 Å². The molecule has 1 unspecified atom stereocenters. The summed E-state index contributed by atoms with van der Waals surface area (Å²) in [5, 5.41) is 4.77. The van der Waals surface area contributed by atoms with E-state index in [9.17, 15) is 0 Å². The number of rotatable bonds is 3. The molecule has 1 spiro atoms. The Hall–Kier alpha value is -7.69. The fourth-order valence-corrected chi connectivity index (χ4v) is 10.3. The van der Waals surface area contributed by atoms with Crippen molar-refractivity contribution in [3.8, 4) is 45.4 Å². The minimum absolute atomic E-state index is 0.686. The highest BCUT2D eigenvalue weighted by molar-refractivity contribution is 6.14. The number of nitrogens with zero attached hydrogens (tertiary/aromatic N) is 3. The number of aromatic nitrogens is 3. The Morgan fingerprint density at radius 1 is 0.397 bits per heavy atom.